The lowest BCUT2D eigenvalue weighted by Crippen LogP contribution is -2.41. The quantitative estimate of drug-likeness (QED) is 0.596. The summed E-state index contributed by atoms with van der Waals surface area (Å²) in [5.41, 5.74) is 0. The molecule has 1 saturated carbocycles. The van der Waals surface area contributed by atoms with Crippen molar-refractivity contribution in [3.63, 3.8) is 0 Å². The van der Waals surface area contributed by atoms with Gasteiger partial charge in [0.05, 0.1) is 12.2 Å². The van der Waals surface area contributed by atoms with Crippen molar-refractivity contribution in [2.24, 2.45) is 0 Å². The normalized spacial score (nSPS) is 31.8. The van der Waals surface area contributed by atoms with Gasteiger partial charge in [-0.25, -0.2) is 0 Å². The molecule has 0 aromatic rings. The summed E-state index contributed by atoms with van der Waals surface area (Å²) in [6.07, 6.45) is 3.15. The molecule has 60 valence electrons. The largest absolute Gasteiger partial charge is 0.376 e. The first-order chi connectivity index (χ1) is 4.88. The van der Waals surface area contributed by atoms with E-state index in [0.717, 1.165) is 13.2 Å². The van der Waals surface area contributed by atoms with Crippen molar-refractivity contribution in [3.05, 3.63) is 0 Å². The van der Waals surface area contributed by atoms with Gasteiger partial charge in [0.15, 0.2) is 0 Å². The van der Waals surface area contributed by atoms with Gasteiger partial charge in [-0.15, -0.1) is 0 Å². The molecule has 1 aliphatic rings. The molecule has 2 atom stereocenters. The fourth-order valence-electron chi connectivity index (χ4n) is 1.25. The van der Waals surface area contributed by atoms with Gasteiger partial charge in [0.1, 0.15) is 0 Å². The maximum absolute atomic E-state index is 5.42. The van der Waals surface area contributed by atoms with Gasteiger partial charge >= 0.3 is 0 Å². The molecule has 0 aliphatic heterocycles. The Kier molecular flexibility index (Phi) is 3.16. The van der Waals surface area contributed by atoms with E-state index in [0.29, 0.717) is 12.2 Å². The van der Waals surface area contributed by atoms with Crippen LogP contribution in [0.1, 0.15) is 26.7 Å². The van der Waals surface area contributed by atoms with E-state index in [4.69, 9.17) is 9.47 Å². The van der Waals surface area contributed by atoms with Crippen LogP contribution in [0.2, 0.25) is 0 Å². The third-order valence-corrected chi connectivity index (χ3v) is 1.91. The van der Waals surface area contributed by atoms with Crippen LogP contribution >= 0.6 is 0 Å². The minimum absolute atomic E-state index is 0.393. The lowest BCUT2D eigenvalue weighted by atomic mass is 9.92. The summed E-state index contributed by atoms with van der Waals surface area (Å²) in [5, 5.41) is 0. The number of hydrogen-bond acceptors (Lipinski definition) is 2. The maximum Gasteiger partial charge on any atom is 0.0837 e. The Hall–Kier alpha value is -0.0800. The molecule has 1 fully saturated rings. The molecule has 1 aliphatic carbocycles. The van der Waals surface area contributed by atoms with E-state index in [1.165, 1.54) is 12.8 Å². The van der Waals surface area contributed by atoms with Gasteiger partial charge in [-0.1, -0.05) is 0 Å². The van der Waals surface area contributed by atoms with E-state index in [9.17, 15) is 0 Å². The van der Waals surface area contributed by atoms with Crippen LogP contribution < -0.4 is 0 Å². The minimum atomic E-state index is 0.393. The Morgan fingerprint density at radius 2 is 1.40 bits per heavy atom. The molecule has 0 saturated heterocycles. The molecule has 2 nitrogen and oxygen atoms in total. The lowest BCUT2D eigenvalue weighted by Gasteiger charge is -2.35. The zero-order chi connectivity index (χ0) is 7.40. The van der Waals surface area contributed by atoms with Crippen molar-refractivity contribution < 1.29 is 9.47 Å². The summed E-state index contributed by atoms with van der Waals surface area (Å²) >= 11 is 0. The summed E-state index contributed by atoms with van der Waals surface area (Å²) < 4.78 is 10.8. The molecule has 0 N–H and O–H groups in total. The SMILES string of the molecule is CCO[C@H]1CC[C@H]1OCC. The van der Waals surface area contributed by atoms with E-state index in [-0.39, 0.29) is 0 Å². The van der Waals surface area contributed by atoms with Crippen LogP contribution in [0, 0.1) is 0 Å². The van der Waals surface area contributed by atoms with Crippen molar-refractivity contribution in [1.82, 2.24) is 0 Å². The molecular weight excluding hydrogens is 128 g/mol. The van der Waals surface area contributed by atoms with E-state index in [1.54, 1.807) is 0 Å². The fraction of sp³-hybridized carbons (Fsp3) is 1.00. The highest BCUT2D eigenvalue weighted by atomic mass is 16.5. The van der Waals surface area contributed by atoms with E-state index < -0.39 is 0 Å². The summed E-state index contributed by atoms with van der Waals surface area (Å²) in [5.74, 6) is 0. The van der Waals surface area contributed by atoms with Crippen LogP contribution in [0.25, 0.3) is 0 Å². The first kappa shape index (κ1) is 8.02. The van der Waals surface area contributed by atoms with Gasteiger partial charge in [0.25, 0.3) is 0 Å². The third kappa shape index (κ3) is 1.70. The lowest BCUT2D eigenvalue weighted by molar-refractivity contribution is -0.122. The summed E-state index contributed by atoms with van der Waals surface area (Å²) in [7, 11) is 0. The number of ether oxygens (including phenoxy) is 2. The van der Waals surface area contributed by atoms with E-state index in [1.807, 2.05) is 13.8 Å². The van der Waals surface area contributed by atoms with E-state index >= 15 is 0 Å². The van der Waals surface area contributed by atoms with Crippen LogP contribution in [0.3, 0.4) is 0 Å². The molecule has 0 unspecified atom stereocenters. The molecule has 0 bridgehead atoms. The molecular formula is C8H16O2. The van der Waals surface area contributed by atoms with Gasteiger partial charge in [-0.05, 0) is 26.7 Å². The molecule has 1 rings (SSSR count). The smallest absolute Gasteiger partial charge is 0.0837 e. The molecule has 10 heavy (non-hydrogen) atoms. The first-order valence-corrected chi connectivity index (χ1v) is 4.11. The Morgan fingerprint density at radius 1 is 1.00 bits per heavy atom. The van der Waals surface area contributed by atoms with Crippen LogP contribution in [0.15, 0.2) is 0 Å². The van der Waals surface area contributed by atoms with Gasteiger partial charge in [-0.2, -0.15) is 0 Å². The predicted molar refractivity (Wildman–Crippen MR) is 40.1 cm³/mol. The zero-order valence-corrected chi connectivity index (χ0v) is 6.80. The topological polar surface area (TPSA) is 18.5 Å². The molecule has 0 aromatic carbocycles. The van der Waals surface area contributed by atoms with Crippen molar-refractivity contribution >= 4 is 0 Å². The molecule has 0 spiro atoms. The monoisotopic (exact) mass is 144 g/mol. The van der Waals surface area contributed by atoms with Crippen LogP contribution in [-0.2, 0) is 9.47 Å². The first-order valence-electron chi connectivity index (χ1n) is 4.11. The Bertz CT molecular complexity index is 81.3. The molecule has 0 aromatic heterocycles. The number of hydrogen-bond donors (Lipinski definition) is 0. The maximum atomic E-state index is 5.42. The minimum Gasteiger partial charge on any atom is -0.376 e. The Morgan fingerprint density at radius 3 is 1.60 bits per heavy atom. The summed E-state index contributed by atoms with van der Waals surface area (Å²) in [6, 6.07) is 0. The van der Waals surface area contributed by atoms with Crippen molar-refractivity contribution in [2.45, 2.75) is 38.9 Å². The summed E-state index contributed by atoms with van der Waals surface area (Å²) in [6.45, 7) is 5.69. The highest BCUT2D eigenvalue weighted by Gasteiger charge is 2.31. The Labute approximate surface area is 62.5 Å². The third-order valence-electron chi connectivity index (χ3n) is 1.91. The van der Waals surface area contributed by atoms with Crippen LogP contribution in [0.4, 0.5) is 0 Å². The van der Waals surface area contributed by atoms with Crippen molar-refractivity contribution in [3.8, 4) is 0 Å². The van der Waals surface area contributed by atoms with Crippen molar-refractivity contribution in [1.29, 1.82) is 0 Å². The van der Waals surface area contributed by atoms with Crippen LogP contribution in [0.5, 0.6) is 0 Å². The second kappa shape index (κ2) is 3.94. The van der Waals surface area contributed by atoms with Crippen molar-refractivity contribution in [2.75, 3.05) is 13.2 Å². The van der Waals surface area contributed by atoms with Gasteiger partial charge < -0.3 is 9.47 Å². The Balaban J connectivity index is 2.09. The standard InChI is InChI=1S/C8H16O2/c1-3-9-7-5-6-8(7)10-4-2/h7-8H,3-6H2,1-2H3/t7-,8+. The molecule has 0 heterocycles. The second-order valence-electron chi connectivity index (χ2n) is 2.56. The molecule has 0 radical (unpaired) electrons. The zero-order valence-electron chi connectivity index (χ0n) is 6.80. The fourth-order valence-corrected chi connectivity index (χ4v) is 1.25. The van der Waals surface area contributed by atoms with E-state index in [2.05, 4.69) is 0 Å². The summed E-state index contributed by atoms with van der Waals surface area (Å²) in [4.78, 5) is 0. The average Bonchev–Trinajstić information content (AvgIpc) is 1.93. The van der Waals surface area contributed by atoms with Gasteiger partial charge in [0, 0.05) is 13.2 Å². The van der Waals surface area contributed by atoms with Crippen LogP contribution in [-0.4, -0.2) is 25.4 Å². The van der Waals surface area contributed by atoms with Gasteiger partial charge in [-0.3, -0.25) is 0 Å². The number of rotatable bonds is 4. The highest BCUT2D eigenvalue weighted by Crippen LogP contribution is 2.25. The predicted octanol–water partition coefficient (Wildman–Crippen LogP) is 1.59. The van der Waals surface area contributed by atoms with Gasteiger partial charge in [0.2, 0.25) is 0 Å². The highest BCUT2D eigenvalue weighted by molar-refractivity contribution is 4.82. The second-order valence-corrected chi connectivity index (χ2v) is 2.56. The molecule has 2 heteroatoms. The molecule has 0 amide bonds. The average molecular weight is 144 g/mol.